The lowest BCUT2D eigenvalue weighted by Crippen LogP contribution is -2.42. The lowest BCUT2D eigenvalue weighted by molar-refractivity contribution is 0.0691. The predicted molar refractivity (Wildman–Crippen MR) is 197 cm³/mol. The number of carboxylic acids is 1. The molecule has 0 saturated heterocycles. The van der Waals surface area contributed by atoms with Crippen molar-refractivity contribution >= 4 is 62.6 Å². The predicted octanol–water partition coefficient (Wildman–Crippen LogP) is 8.40. The Morgan fingerprint density at radius 2 is 1.68 bits per heavy atom. The van der Waals surface area contributed by atoms with Gasteiger partial charge in [0.25, 0.3) is 5.91 Å². The van der Waals surface area contributed by atoms with Gasteiger partial charge in [0.1, 0.15) is 11.4 Å². The normalized spacial score (nSPS) is 14.6. The van der Waals surface area contributed by atoms with Crippen molar-refractivity contribution in [2.45, 2.75) is 53.5 Å². The van der Waals surface area contributed by atoms with Gasteiger partial charge in [-0.1, -0.05) is 29.3 Å². The number of hydrogen-bond acceptors (Lipinski definition) is 5. The fourth-order valence-corrected chi connectivity index (χ4v) is 7.89. The number of aromatic nitrogens is 5. The maximum atomic E-state index is 14.8. The van der Waals surface area contributed by atoms with Gasteiger partial charge in [0.15, 0.2) is 5.69 Å². The van der Waals surface area contributed by atoms with Crippen molar-refractivity contribution in [3.63, 3.8) is 0 Å². The lowest BCUT2D eigenvalue weighted by Gasteiger charge is -2.34. The third kappa shape index (κ3) is 5.32. The summed E-state index contributed by atoms with van der Waals surface area (Å²) in [6.07, 6.45) is 1.23. The first-order chi connectivity index (χ1) is 23.8. The molecule has 6 aromatic rings. The highest BCUT2D eigenvalue weighted by Crippen LogP contribution is 2.45. The Balaban J connectivity index is 1.36. The van der Waals surface area contributed by atoms with E-state index >= 15 is 0 Å². The average Bonchev–Trinajstić information content (AvgIpc) is 3.67. The molecule has 1 aliphatic heterocycles. The Morgan fingerprint density at radius 1 is 0.960 bits per heavy atom. The van der Waals surface area contributed by atoms with Crippen molar-refractivity contribution in [2.75, 3.05) is 18.1 Å². The molecule has 258 valence electrons. The molecule has 0 saturated carbocycles. The Morgan fingerprint density at radius 3 is 2.34 bits per heavy atom. The van der Waals surface area contributed by atoms with Gasteiger partial charge in [-0.15, -0.1) is 0 Å². The first-order valence-corrected chi connectivity index (χ1v) is 17.3. The van der Waals surface area contributed by atoms with Crippen LogP contribution >= 0.6 is 23.2 Å². The van der Waals surface area contributed by atoms with Crippen LogP contribution in [0.25, 0.3) is 32.9 Å². The zero-order valence-corrected chi connectivity index (χ0v) is 30.6. The van der Waals surface area contributed by atoms with Crippen LogP contribution in [0.2, 0.25) is 10.0 Å². The van der Waals surface area contributed by atoms with E-state index in [4.69, 9.17) is 33.0 Å². The maximum Gasteiger partial charge on any atom is 0.357 e. The molecule has 1 unspecified atom stereocenters. The van der Waals surface area contributed by atoms with E-state index in [2.05, 4.69) is 16.6 Å². The maximum absolute atomic E-state index is 14.8. The number of aryl methyl sites for hydroxylation is 6. The number of rotatable bonds is 8. The zero-order valence-electron chi connectivity index (χ0n) is 29.1. The van der Waals surface area contributed by atoms with Crippen LogP contribution in [0.5, 0.6) is 5.75 Å². The molecule has 4 heterocycles. The monoisotopic (exact) mass is 712 g/mol. The summed E-state index contributed by atoms with van der Waals surface area (Å²) in [6, 6.07) is 13.1. The van der Waals surface area contributed by atoms with Gasteiger partial charge in [0.2, 0.25) is 0 Å². The van der Waals surface area contributed by atoms with Crippen molar-refractivity contribution in [1.29, 1.82) is 0 Å². The molecule has 10 nitrogen and oxygen atoms in total. The number of ether oxygens (including phenoxy) is 1. The van der Waals surface area contributed by atoms with Gasteiger partial charge >= 0.3 is 5.97 Å². The molecule has 0 spiro atoms. The van der Waals surface area contributed by atoms with Gasteiger partial charge < -0.3 is 19.3 Å². The fourth-order valence-electron chi connectivity index (χ4n) is 7.53. The molecule has 12 heteroatoms. The van der Waals surface area contributed by atoms with Crippen LogP contribution in [0.15, 0.2) is 42.5 Å². The number of halogens is 2. The smallest absolute Gasteiger partial charge is 0.357 e. The van der Waals surface area contributed by atoms with Crippen molar-refractivity contribution in [3.8, 4) is 16.9 Å². The highest BCUT2D eigenvalue weighted by Gasteiger charge is 2.37. The van der Waals surface area contributed by atoms with Crippen LogP contribution in [0, 0.1) is 27.7 Å². The third-order valence-electron chi connectivity index (χ3n) is 9.91. The molecule has 0 radical (unpaired) electrons. The molecule has 0 aliphatic carbocycles. The number of fused-ring (bicyclic) bond motifs is 4. The van der Waals surface area contributed by atoms with Gasteiger partial charge in [-0.25, -0.2) is 4.79 Å². The molecule has 1 amide bonds. The van der Waals surface area contributed by atoms with Gasteiger partial charge in [-0.05, 0) is 101 Å². The van der Waals surface area contributed by atoms with E-state index in [0.717, 1.165) is 60.9 Å². The molecular weight excluding hydrogens is 675 g/mol. The first-order valence-electron chi connectivity index (χ1n) is 16.6. The molecule has 0 fully saturated rings. The van der Waals surface area contributed by atoms with E-state index in [1.807, 2.05) is 75.8 Å². The minimum Gasteiger partial charge on any atom is -0.494 e. The van der Waals surface area contributed by atoms with Crippen LogP contribution in [-0.4, -0.2) is 54.3 Å². The molecule has 1 N–H and O–H groups in total. The van der Waals surface area contributed by atoms with E-state index in [1.54, 1.807) is 22.7 Å². The minimum atomic E-state index is -1.12. The van der Waals surface area contributed by atoms with Crippen LogP contribution in [0.1, 0.15) is 68.4 Å². The Kier molecular flexibility index (Phi) is 8.43. The summed E-state index contributed by atoms with van der Waals surface area (Å²) in [6.45, 7) is 10.8. The number of anilines is 1. The molecule has 50 heavy (non-hydrogen) atoms. The Hall–Kier alpha value is -4.80. The largest absolute Gasteiger partial charge is 0.494 e. The zero-order chi connectivity index (χ0) is 35.8. The van der Waals surface area contributed by atoms with E-state index in [-0.39, 0.29) is 17.6 Å². The van der Waals surface area contributed by atoms with Gasteiger partial charge in [0, 0.05) is 65.0 Å². The number of amides is 1. The van der Waals surface area contributed by atoms with E-state index in [1.165, 1.54) is 0 Å². The Bertz CT molecular complexity index is 2360. The van der Waals surface area contributed by atoms with Crippen molar-refractivity contribution in [2.24, 2.45) is 14.1 Å². The van der Waals surface area contributed by atoms with Crippen molar-refractivity contribution in [1.82, 2.24) is 24.1 Å². The lowest BCUT2D eigenvalue weighted by atomic mass is 9.98. The average molecular weight is 714 g/mol. The minimum absolute atomic E-state index is 0.0516. The second-order valence-electron chi connectivity index (χ2n) is 13.3. The quantitative estimate of drug-likeness (QED) is 0.159. The topological polar surface area (TPSA) is 107 Å². The summed E-state index contributed by atoms with van der Waals surface area (Å²) in [5.74, 6) is -0.529. The fraction of sp³-hybridized carbons (Fsp3) is 0.316. The standard InChI is InChI=1S/C38H38Cl2N6O4/c1-19-15-25(16-20(2)33(19)40)50-14-8-9-26-27-11-12-29(39)32(31-22(4)41-43(6)23(31)5)35(27)46-21(3)18-45(37(47)36(26)46)24-10-13-30-28(17-24)34(38(48)49)42-44(30)7/h10-13,15-17,21H,8-9,14,18H2,1-7H3,(H,48,49). The third-order valence-corrected chi connectivity index (χ3v) is 10.8. The molecule has 1 atom stereocenters. The molecule has 7 rings (SSSR count). The van der Waals surface area contributed by atoms with Crippen molar-refractivity contribution in [3.05, 3.63) is 92.0 Å². The molecule has 1 aliphatic rings. The number of nitrogens with zero attached hydrogens (tertiary/aromatic N) is 6. The summed E-state index contributed by atoms with van der Waals surface area (Å²) < 4.78 is 11.7. The first kappa shape index (κ1) is 33.7. The number of carbonyl (C=O) groups excluding carboxylic acids is 1. The van der Waals surface area contributed by atoms with E-state index in [9.17, 15) is 14.7 Å². The van der Waals surface area contributed by atoms with Crippen LogP contribution in [0.4, 0.5) is 5.69 Å². The summed E-state index contributed by atoms with van der Waals surface area (Å²) in [7, 11) is 3.63. The Labute approximate surface area is 299 Å². The van der Waals surface area contributed by atoms with Crippen LogP contribution in [0.3, 0.4) is 0 Å². The molecule has 3 aromatic carbocycles. The number of aromatic carboxylic acids is 1. The number of hydrogen-bond donors (Lipinski definition) is 1. The second-order valence-corrected chi connectivity index (χ2v) is 14.0. The number of carboxylic acid groups (broad SMARTS) is 1. The number of benzene rings is 3. The summed E-state index contributed by atoms with van der Waals surface area (Å²) in [5.41, 5.74) is 9.21. The highest BCUT2D eigenvalue weighted by atomic mass is 35.5. The van der Waals surface area contributed by atoms with Gasteiger partial charge in [-0.3, -0.25) is 14.2 Å². The van der Waals surface area contributed by atoms with E-state index in [0.29, 0.717) is 53.3 Å². The molecule has 3 aromatic heterocycles. The SMILES string of the molecule is Cc1cc(OCCCc2c3n(c4c(-c5c(C)nn(C)c5C)c(Cl)ccc24)C(C)CN(c2ccc4c(c2)c(C(=O)O)nn4C)C3=O)cc(C)c1Cl. The van der Waals surface area contributed by atoms with Gasteiger partial charge in [-0.2, -0.15) is 10.2 Å². The molecular formula is C38H38Cl2N6O4. The summed E-state index contributed by atoms with van der Waals surface area (Å²) >= 11 is 13.4. The van der Waals surface area contributed by atoms with Gasteiger partial charge in [0.05, 0.1) is 28.4 Å². The molecule has 0 bridgehead atoms. The van der Waals surface area contributed by atoms with E-state index < -0.39 is 5.97 Å². The summed E-state index contributed by atoms with van der Waals surface area (Å²) in [5, 5.41) is 21.5. The van der Waals surface area contributed by atoms with Crippen LogP contribution in [-0.2, 0) is 20.5 Å². The summed E-state index contributed by atoms with van der Waals surface area (Å²) in [4.78, 5) is 28.6. The van der Waals surface area contributed by atoms with Crippen LogP contribution < -0.4 is 9.64 Å². The highest BCUT2D eigenvalue weighted by molar-refractivity contribution is 6.35. The van der Waals surface area contributed by atoms with Crippen molar-refractivity contribution < 1.29 is 19.4 Å². The number of carbonyl (C=O) groups is 2. The second kappa shape index (κ2) is 12.5.